The fraction of sp³-hybridized carbons (Fsp3) is 0.571. The van der Waals surface area contributed by atoms with Gasteiger partial charge < -0.3 is 10.1 Å². The molecule has 2 rings (SSSR count). The lowest BCUT2D eigenvalue weighted by molar-refractivity contribution is 0.143. The van der Waals surface area contributed by atoms with E-state index in [1.807, 2.05) is 18.2 Å². The maximum atomic E-state index is 5.83. The van der Waals surface area contributed by atoms with Crippen molar-refractivity contribution in [3.05, 3.63) is 29.8 Å². The van der Waals surface area contributed by atoms with E-state index in [0.717, 1.165) is 38.5 Å². The number of nitrogens with zero attached hydrogens (tertiary/aromatic N) is 1. The Morgan fingerprint density at radius 1 is 1.41 bits per heavy atom. The number of piperazine rings is 1. The monoisotopic (exact) mass is 234 g/mol. The lowest BCUT2D eigenvalue weighted by Gasteiger charge is -2.33. The molecular weight excluding hydrogens is 212 g/mol. The van der Waals surface area contributed by atoms with Crippen molar-refractivity contribution in [1.82, 2.24) is 10.2 Å². The summed E-state index contributed by atoms with van der Waals surface area (Å²) in [6.07, 6.45) is 0. The van der Waals surface area contributed by atoms with Crippen molar-refractivity contribution in [1.29, 1.82) is 0 Å². The Hall–Kier alpha value is -1.06. The van der Waals surface area contributed by atoms with Gasteiger partial charge in [-0.3, -0.25) is 4.90 Å². The van der Waals surface area contributed by atoms with Gasteiger partial charge >= 0.3 is 0 Å². The summed E-state index contributed by atoms with van der Waals surface area (Å²) < 4.78 is 5.83. The highest BCUT2D eigenvalue weighted by atomic mass is 16.5. The predicted molar refractivity (Wildman–Crippen MR) is 70.6 cm³/mol. The van der Waals surface area contributed by atoms with Crippen LogP contribution >= 0.6 is 0 Å². The first-order valence-electron chi connectivity index (χ1n) is 6.40. The Labute approximate surface area is 104 Å². The second kappa shape index (κ2) is 6.03. The quantitative estimate of drug-likeness (QED) is 0.857. The molecule has 1 aliphatic heterocycles. The first-order valence-corrected chi connectivity index (χ1v) is 6.40. The van der Waals surface area contributed by atoms with Gasteiger partial charge in [-0.05, 0) is 25.5 Å². The number of aryl methyl sites for hydroxylation is 1. The molecule has 0 radical (unpaired) electrons. The maximum Gasteiger partial charge on any atom is 0.122 e. The average molecular weight is 234 g/mol. The van der Waals surface area contributed by atoms with E-state index in [0.29, 0.717) is 6.04 Å². The maximum absolute atomic E-state index is 5.83. The molecule has 1 aliphatic rings. The minimum Gasteiger partial charge on any atom is -0.492 e. The van der Waals surface area contributed by atoms with Gasteiger partial charge in [0.25, 0.3) is 0 Å². The number of hydrogen-bond acceptors (Lipinski definition) is 3. The molecule has 1 aromatic rings. The van der Waals surface area contributed by atoms with Crippen molar-refractivity contribution in [3.63, 3.8) is 0 Å². The first kappa shape index (κ1) is 12.4. The molecule has 1 atom stereocenters. The second-order valence-electron chi connectivity index (χ2n) is 4.70. The smallest absolute Gasteiger partial charge is 0.122 e. The molecule has 0 spiro atoms. The average Bonchev–Trinajstić information content (AvgIpc) is 2.34. The summed E-state index contributed by atoms with van der Waals surface area (Å²) in [7, 11) is 0. The molecule has 1 aromatic carbocycles. The lowest BCUT2D eigenvalue weighted by atomic mass is 10.2. The van der Waals surface area contributed by atoms with Gasteiger partial charge in [0.15, 0.2) is 0 Å². The molecule has 0 aliphatic carbocycles. The Morgan fingerprint density at radius 3 is 3.00 bits per heavy atom. The summed E-state index contributed by atoms with van der Waals surface area (Å²) in [6.45, 7) is 9.44. The van der Waals surface area contributed by atoms with Crippen LogP contribution in [0.3, 0.4) is 0 Å². The number of nitrogens with one attached hydrogen (secondary N) is 1. The van der Waals surface area contributed by atoms with Crippen LogP contribution in [0.5, 0.6) is 5.75 Å². The largest absolute Gasteiger partial charge is 0.492 e. The number of benzene rings is 1. The zero-order valence-electron chi connectivity index (χ0n) is 10.8. The van der Waals surface area contributed by atoms with E-state index in [2.05, 4.69) is 30.1 Å². The van der Waals surface area contributed by atoms with Crippen LogP contribution in [-0.2, 0) is 0 Å². The van der Waals surface area contributed by atoms with Crippen LogP contribution in [0.25, 0.3) is 0 Å². The highest BCUT2D eigenvalue weighted by Crippen LogP contribution is 2.16. The number of hydrogen-bond donors (Lipinski definition) is 1. The number of para-hydroxylation sites is 1. The molecule has 3 heteroatoms. The van der Waals surface area contributed by atoms with Crippen LogP contribution in [0, 0.1) is 6.92 Å². The minimum absolute atomic E-state index is 0.615. The van der Waals surface area contributed by atoms with Crippen LogP contribution in [0.1, 0.15) is 12.5 Å². The summed E-state index contributed by atoms with van der Waals surface area (Å²) in [4.78, 5) is 2.48. The fourth-order valence-corrected chi connectivity index (χ4v) is 2.21. The van der Waals surface area contributed by atoms with Gasteiger partial charge in [0.05, 0.1) is 0 Å². The summed E-state index contributed by atoms with van der Waals surface area (Å²) in [5.74, 6) is 1.01. The molecule has 0 bridgehead atoms. The van der Waals surface area contributed by atoms with E-state index in [-0.39, 0.29) is 0 Å². The molecule has 1 saturated heterocycles. The summed E-state index contributed by atoms with van der Waals surface area (Å²) >= 11 is 0. The summed E-state index contributed by atoms with van der Waals surface area (Å²) in [6, 6.07) is 8.81. The van der Waals surface area contributed by atoms with E-state index in [1.54, 1.807) is 0 Å². The van der Waals surface area contributed by atoms with Crippen LogP contribution in [0.15, 0.2) is 24.3 Å². The molecule has 0 aromatic heterocycles. The summed E-state index contributed by atoms with van der Waals surface area (Å²) in [5.41, 5.74) is 1.21. The van der Waals surface area contributed by atoms with Gasteiger partial charge in [-0.15, -0.1) is 0 Å². The third-order valence-corrected chi connectivity index (χ3v) is 3.37. The van der Waals surface area contributed by atoms with Gasteiger partial charge in [0.2, 0.25) is 0 Å². The van der Waals surface area contributed by atoms with E-state index >= 15 is 0 Å². The van der Waals surface area contributed by atoms with E-state index < -0.39 is 0 Å². The molecular formula is C14H22N2O. The highest BCUT2D eigenvalue weighted by Gasteiger charge is 2.17. The van der Waals surface area contributed by atoms with Crippen LogP contribution in [0.4, 0.5) is 0 Å². The Morgan fingerprint density at radius 2 is 2.24 bits per heavy atom. The Kier molecular flexibility index (Phi) is 4.40. The van der Waals surface area contributed by atoms with E-state index in [9.17, 15) is 0 Å². The van der Waals surface area contributed by atoms with Gasteiger partial charge in [-0.2, -0.15) is 0 Å². The van der Waals surface area contributed by atoms with Crippen molar-refractivity contribution in [2.24, 2.45) is 0 Å². The third kappa shape index (κ3) is 3.45. The van der Waals surface area contributed by atoms with Crippen molar-refractivity contribution in [3.8, 4) is 5.75 Å². The molecule has 1 heterocycles. The van der Waals surface area contributed by atoms with Crippen LogP contribution in [-0.4, -0.2) is 43.7 Å². The second-order valence-corrected chi connectivity index (χ2v) is 4.70. The zero-order valence-corrected chi connectivity index (χ0v) is 10.8. The van der Waals surface area contributed by atoms with Gasteiger partial charge in [0.1, 0.15) is 12.4 Å². The molecule has 1 N–H and O–H groups in total. The Bertz CT molecular complexity index is 354. The SMILES string of the molecule is Cc1ccccc1OCCN1CCNC[C@@H]1C. The summed E-state index contributed by atoms with van der Waals surface area (Å²) in [5, 5.41) is 3.40. The van der Waals surface area contributed by atoms with Crippen molar-refractivity contribution < 1.29 is 4.74 Å². The van der Waals surface area contributed by atoms with Gasteiger partial charge in [0, 0.05) is 32.2 Å². The molecule has 0 saturated carbocycles. The third-order valence-electron chi connectivity index (χ3n) is 3.37. The fourth-order valence-electron chi connectivity index (χ4n) is 2.21. The van der Waals surface area contributed by atoms with E-state index in [1.165, 1.54) is 5.56 Å². The standard InChI is InChI=1S/C14H22N2O/c1-12-5-3-4-6-14(12)17-10-9-16-8-7-15-11-13(16)2/h3-6,13,15H,7-11H2,1-2H3/t13-/m0/s1. The topological polar surface area (TPSA) is 24.5 Å². The predicted octanol–water partition coefficient (Wildman–Crippen LogP) is 1.67. The molecule has 94 valence electrons. The molecule has 1 fully saturated rings. The first-order chi connectivity index (χ1) is 8.27. The number of ether oxygens (including phenoxy) is 1. The van der Waals surface area contributed by atoms with Gasteiger partial charge in [-0.25, -0.2) is 0 Å². The normalized spacial score (nSPS) is 21.4. The van der Waals surface area contributed by atoms with Crippen molar-refractivity contribution >= 4 is 0 Å². The molecule has 0 amide bonds. The molecule has 17 heavy (non-hydrogen) atoms. The molecule has 0 unspecified atom stereocenters. The van der Waals surface area contributed by atoms with Crippen molar-refractivity contribution in [2.45, 2.75) is 19.9 Å². The number of rotatable bonds is 4. The Balaban J connectivity index is 1.77. The van der Waals surface area contributed by atoms with Gasteiger partial charge in [-0.1, -0.05) is 18.2 Å². The highest BCUT2D eigenvalue weighted by molar-refractivity contribution is 5.31. The van der Waals surface area contributed by atoms with Crippen LogP contribution < -0.4 is 10.1 Å². The van der Waals surface area contributed by atoms with Crippen LogP contribution in [0.2, 0.25) is 0 Å². The van der Waals surface area contributed by atoms with E-state index in [4.69, 9.17) is 4.74 Å². The minimum atomic E-state index is 0.615. The lowest BCUT2D eigenvalue weighted by Crippen LogP contribution is -2.50. The zero-order chi connectivity index (χ0) is 12.1. The van der Waals surface area contributed by atoms with Crippen molar-refractivity contribution in [2.75, 3.05) is 32.8 Å². The molecule has 3 nitrogen and oxygen atoms in total.